The van der Waals surface area contributed by atoms with Crippen LogP contribution in [-0.4, -0.2) is 30.8 Å². The Kier molecular flexibility index (Phi) is 4.66. The van der Waals surface area contributed by atoms with Crippen molar-refractivity contribution in [3.05, 3.63) is 29.4 Å². The van der Waals surface area contributed by atoms with Crippen LogP contribution in [0.5, 0.6) is 0 Å². The van der Waals surface area contributed by atoms with Gasteiger partial charge in [0, 0.05) is 26.2 Å². The molecule has 0 aliphatic heterocycles. The quantitative estimate of drug-likeness (QED) is 0.826. The van der Waals surface area contributed by atoms with Crippen molar-refractivity contribution in [2.24, 2.45) is 0 Å². The summed E-state index contributed by atoms with van der Waals surface area (Å²) in [7, 11) is 4.05. The molecule has 2 N–H and O–H groups in total. The van der Waals surface area contributed by atoms with E-state index >= 15 is 0 Å². The molecule has 1 aromatic rings. The average molecular weight is 260 g/mol. The van der Waals surface area contributed by atoms with Gasteiger partial charge in [-0.15, -0.1) is 0 Å². The van der Waals surface area contributed by atoms with Gasteiger partial charge in [0.15, 0.2) is 5.82 Å². The van der Waals surface area contributed by atoms with E-state index in [-0.39, 0.29) is 0 Å². The first-order valence-corrected chi connectivity index (χ1v) is 7.06. The molecule has 4 heteroatoms. The van der Waals surface area contributed by atoms with Crippen molar-refractivity contribution in [2.75, 3.05) is 30.9 Å². The van der Waals surface area contributed by atoms with E-state index in [1.165, 1.54) is 24.0 Å². The third-order valence-corrected chi connectivity index (χ3v) is 3.41. The Morgan fingerprint density at radius 1 is 1.37 bits per heavy atom. The zero-order valence-electron chi connectivity index (χ0n) is 12.2. The second kappa shape index (κ2) is 6.45. The van der Waals surface area contributed by atoms with Crippen molar-refractivity contribution in [3.8, 4) is 0 Å². The summed E-state index contributed by atoms with van der Waals surface area (Å²) in [5.41, 5.74) is 2.70. The molecule has 19 heavy (non-hydrogen) atoms. The number of nitrogens with one attached hydrogen (secondary N) is 2. The van der Waals surface area contributed by atoms with E-state index in [0.717, 1.165) is 31.0 Å². The maximum atomic E-state index is 4.36. The number of H-pyrrole nitrogens is 1. The van der Waals surface area contributed by atoms with E-state index in [1.54, 1.807) is 0 Å². The highest BCUT2D eigenvalue weighted by molar-refractivity contribution is 5.59. The summed E-state index contributed by atoms with van der Waals surface area (Å²) in [4.78, 5) is 2.05. The van der Waals surface area contributed by atoms with Crippen molar-refractivity contribution in [1.82, 2.24) is 10.2 Å². The number of nitrogens with zero attached hydrogens (tertiary/aromatic N) is 2. The first-order valence-electron chi connectivity index (χ1n) is 7.06. The lowest BCUT2D eigenvalue weighted by molar-refractivity contribution is 0.942. The van der Waals surface area contributed by atoms with Crippen molar-refractivity contribution in [1.29, 1.82) is 0 Å². The van der Waals surface area contributed by atoms with E-state index in [9.17, 15) is 0 Å². The van der Waals surface area contributed by atoms with Crippen LogP contribution in [0.4, 0.5) is 11.6 Å². The second-order valence-electron chi connectivity index (χ2n) is 5.08. The number of rotatable bonds is 6. The lowest BCUT2D eigenvalue weighted by Gasteiger charge is -2.12. The summed E-state index contributed by atoms with van der Waals surface area (Å²) in [6, 6.07) is 0. The summed E-state index contributed by atoms with van der Waals surface area (Å²) >= 11 is 0. The zero-order chi connectivity index (χ0) is 13.7. The molecule has 1 heterocycles. The normalized spacial score (nSPS) is 14.4. The second-order valence-corrected chi connectivity index (χ2v) is 5.08. The largest absolute Gasteiger partial charge is 0.370 e. The smallest absolute Gasteiger partial charge is 0.155 e. The summed E-state index contributed by atoms with van der Waals surface area (Å²) in [6.45, 7) is 3.10. The van der Waals surface area contributed by atoms with Gasteiger partial charge in [0.2, 0.25) is 0 Å². The third kappa shape index (κ3) is 3.40. The fourth-order valence-electron chi connectivity index (χ4n) is 2.39. The summed E-state index contributed by atoms with van der Waals surface area (Å²) in [6.07, 6.45) is 11.2. The Morgan fingerprint density at radius 2 is 2.21 bits per heavy atom. The number of aromatic amines is 1. The number of hydrogen-bond donors (Lipinski definition) is 2. The molecule has 0 bridgehead atoms. The van der Waals surface area contributed by atoms with E-state index in [2.05, 4.69) is 40.7 Å². The van der Waals surface area contributed by atoms with E-state index < -0.39 is 0 Å². The van der Waals surface area contributed by atoms with Gasteiger partial charge < -0.3 is 10.2 Å². The molecule has 1 aliphatic rings. The minimum atomic E-state index is 0.943. The highest BCUT2D eigenvalue weighted by Gasteiger charge is 2.12. The zero-order valence-corrected chi connectivity index (χ0v) is 12.2. The third-order valence-electron chi connectivity index (χ3n) is 3.41. The van der Waals surface area contributed by atoms with Crippen molar-refractivity contribution < 1.29 is 0 Å². The highest BCUT2D eigenvalue weighted by atomic mass is 15.3. The van der Waals surface area contributed by atoms with Crippen molar-refractivity contribution >= 4 is 11.6 Å². The van der Waals surface area contributed by atoms with Crippen molar-refractivity contribution in [3.63, 3.8) is 0 Å². The molecule has 0 amide bonds. The molecule has 0 radical (unpaired) electrons. The summed E-state index contributed by atoms with van der Waals surface area (Å²) in [5.74, 6) is 2.09. The van der Waals surface area contributed by atoms with Crippen LogP contribution in [0.3, 0.4) is 0 Å². The maximum Gasteiger partial charge on any atom is 0.155 e. The van der Waals surface area contributed by atoms with E-state index in [4.69, 9.17) is 0 Å². The predicted octanol–water partition coefficient (Wildman–Crippen LogP) is 3.12. The van der Waals surface area contributed by atoms with Crippen LogP contribution in [0.2, 0.25) is 0 Å². The van der Waals surface area contributed by atoms with Gasteiger partial charge in [0.05, 0.1) is 0 Å². The molecule has 0 unspecified atom stereocenters. The fourth-order valence-corrected chi connectivity index (χ4v) is 2.39. The van der Waals surface area contributed by atoms with Gasteiger partial charge in [-0.25, -0.2) is 0 Å². The Hall–Kier alpha value is -1.71. The monoisotopic (exact) mass is 260 g/mol. The Balaban J connectivity index is 1.92. The van der Waals surface area contributed by atoms with Crippen LogP contribution in [0, 0.1) is 0 Å². The summed E-state index contributed by atoms with van der Waals surface area (Å²) in [5, 5.41) is 10.9. The lowest BCUT2D eigenvalue weighted by atomic mass is 10.0. The molecule has 0 saturated carbocycles. The minimum absolute atomic E-state index is 0.943. The lowest BCUT2D eigenvalue weighted by Crippen LogP contribution is -2.11. The molecule has 1 aliphatic carbocycles. The Morgan fingerprint density at radius 3 is 2.84 bits per heavy atom. The maximum absolute atomic E-state index is 4.36. The first kappa shape index (κ1) is 13.7. The molecular weight excluding hydrogens is 236 g/mol. The van der Waals surface area contributed by atoms with Crippen LogP contribution in [0.1, 0.15) is 31.7 Å². The van der Waals surface area contributed by atoms with Gasteiger partial charge in [-0.2, -0.15) is 5.10 Å². The van der Waals surface area contributed by atoms with E-state index in [0.29, 0.717) is 0 Å². The van der Waals surface area contributed by atoms with Gasteiger partial charge in [-0.1, -0.05) is 30.7 Å². The summed E-state index contributed by atoms with van der Waals surface area (Å²) < 4.78 is 0. The fraction of sp³-hybridized carbons (Fsp3) is 0.533. The molecule has 0 fully saturated rings. The number of anilines is 2. The molecule has 1 aromatic heterocycles. The van der Waals surface area contributed by atoms with Crippen LogP contribution >= 0.6 is 0 Å². The molecular formula is C15H24N4. The molecule has 0 spiro atoms. The van der Waals surface area contributed by atoms with Gasteiger partial charge in [-0.3, -0.25) is 5.10 Å². The van der Waals surface area contributed by atoms with Crippen molar-refractivity contribution in [2.45, 2.75) is 32.6 Å². The topological polar surface area (TPSA) is 44.0 Å². The van der Waals surface area contributed by atoms with Crippen LogP contribution in [0.25, 0.3) is 0 Å². The minimum Gasteiger partial charge on any atom is -0.370 e. The standard InChI is InChI=1S/C15H24N4/c1-4-13-14(17-18-15(13)19(2)3)16-11-10-12-8-6-5-7-9-12/h6,8-9H,4-5,7,10-11H2,1-3H3,(H2,16,17,18). The van der Waals surface area contributed by atoms with Crippen LogP contribution in [-0.2, 0) is 6.42 Å². The first-order chi connectivity index (χ1) is 9.22. The van der Waals surface area contributed by atoms with Crippen LogP contribution < -0.4 is 10.2 Å². The van der Waals surface area contributed by atoms with Gasteiger partial charge >= 0.3 is 0 Å². The highest BCUT2D eigenvalue weighted by Crippen LogP contribution is 2.24. The number of hydrogen-bond acceptors (Lipinski definition) is 3. The number of aromatic nitrogens is 2. The van der Waals surface area contributed by atoms with E-state index in [1.807, 2.05) is 19.0 Å². The molecule has 0 aromatic carbocycles. The van der Waals surface area contributed by atoms with Gasteiger partial charge in [0.1, 0.15) is 5.82 Å². The molecule has 0 saturated heterocycles. The Bertz CT molecular complexity index is 468. The molecule has 4 nitrogen and oxygen atoms in total. The Labute approximate surface area is 115 Å². The van der Waals surface area contributed by atoms with Gasteiger partial charge in [-0.05, 0) is 25.7 Å². The number of allylic oxidation sites excluding steroid dienone is 3. The van der Waals surface area contributed by atoms with Crippen LogP contribution in [0.15, 0.2) is 23.8 Å². The molecule has 104 valence electrons. The molecule has 2 rings (SSSR count). The van der Waals surface area contributed by atoms with Gasteiger partial charge in [0.25, 0.3) is 0 Å². The SMILES string of the molecule is CCc1c(N(C)C)n[nH]c1NCCC1=CCCC=C1. The molecule has 0 atom stereocenters. The predicted molar refractivity (Wildman–Crippen MR) is 81.9 cm³/mol. The average Bonchev–Trinajstić information content (AvgIpc) is 2.83.